The highest BCUT2D eigenvalue weighted by atomic mass is 35.5. The topological polar surface area (TPSA) is 58.2 Å². The molecule has 0 saturated carbocycles. The summed E-state index contributed by atoms with van der Waals surface area (Å²) in [5.41, 5.74) is 3.47. The quantitative estimate of drug-likeness (QED) is 0.550. The van der Waals surface area contributed by atoms with Crippen molar-refractivity contribution < 1.29 is 4.74 Å². The number of aromatic amines is 1. The molecule has 2 aromatic carbocycles. The van der Waals surface area contributed by atoms with Crippen molar-refractivity contribution in [3.63, 3.8) is 0 Å². The molecule has 31 heavy (non-hydrogen) atoms. The van der Waals surface area contributed by atoms with Crippen molar-refractivity contribution in [2.24, 2.45) is 0 Å². The predicted octanol–water partition coefficient (Wildman–Crippen LogP) is 5.57. The first-order valence-electron chi connectivity index (χ1n) is 10.5. The Bertz CT molecular complexity index is 1230. The molecular weight excluding hydrogens is 410 g/mol. The Morgan fingerprint density at radius 3 is 2.81 bits per heavy atom. The van der Waals surface area contributed by atoms with Gasteiger partial charge in [-0.1, -0.05) is 36.7 Å². The van der Waals surface area contributed by atoms with Crippen LogP contribution in [0.15, 0.2) is 70.7 Å². The summed E-state index contributed by atoms with van der Waals surface area (Å²) < 4.78 is 6.18. The summed E-state index contributed by atoms with van der Waals surface area (Å²) in [6, 6.07) is 13.0. The Kier molecular flexibility index (Phi) is 6.14. The van der Waals surface area contributed by atoms with E-state index in [-0.39, 0.29) is 5.56 Å². The molecule has 0 saturated heterocycles. The second kappa shape index (κ2) is 8.98. The highest BCUT2D eigenvalue weighted by molar-refractivity contribution is 6.30. The van der Waals surface area contributed by atoms with E-state index < -0.39 is 0 Å². The molecule has 1 N–H and O–H groups in total. The lowest BCUT2D eigenvalue weighted by Gasteiger charge is -2.33. The van der Waals surface area contributed by atoms with Gasteiger partial charge >= 0.3 is 0 Å². The SMILES string of the molecule is CCCN1C(C)=CC(COc2ccc(Cl)cc2-c2nc3ccccc3c(=O)[nH]2)=CC1C. The molecule has 6 heteroatoms. The number of aromatic nitrogens is 2. The van der Waals surface area contributed by atoms with Gasteiger partial charge in [0.15, 0.2) is 0 Å². The summed E-state index contributed by atoms with van der Waals surface area (Å²) in [4.78, 5) is 22.4. The predicted molar refractivity (Wildman–Crippen MR) is 127 cm³/mol. The second-order valence-electron chi connectivity index (χ2n) is 7.82. The minimum atomic E-state index is -0.190. The number of benzene rings is 2. The van der Waals surface area contributed by atoms with Crippen LogP contribution in [0.5, 0.6) is 5.75 Å². The number of hydrogen-bond acceptors (Lipinski definition) is 4. The van der Waals surface area contributed by atoms with E-state index in [0.717, 1.165) is 18.5 Å². The van der Waals surface area contributed by atoms with Gasteiger partial charge in [-0.3, -0.25) is 4.79 Å². The third kappa shape index (κ3) is 4.52. The van der Waals surface area contributed by atoms with E-state index in [0.29, 0.717) is 45.7 Å². The average Bonchev–Trinajstić information content (AvgIpc) is 2.75. The van der Waals surface area contributed by atoms with Crippen LogP contribution in [0.3, 0.4) is 0 Å². The van der Waals surface area contributed by atoms with Gasteiger partial charge in [-0.2, -0.15) is 0 Å². The van der Waals surface area contributed by atoms with Crippen LogP contribution in [0, 0.1) is 0 Å². The smallest absolute Gasteiger partial charge is 0.259 e. The summed E-state index contributed by atoms with van der Waals surface area (Å²) in [6.07, 6.45) is 5.51. The lowest BCUT2D eigenvalue weighted by atomic mass is 10.1. The zero-order valence-corrected chi connectivity index (χ0v) is 18.7. The Balaban J connectivity index is 1.63. The lowest BCUT2D eigenvalue weighted by Crippen LogP contribution is -2.33. The van der Waals surface area contributed by atoms with Crippen LogP contribution in [0.1, 0.15) is 27.2 Å². The van der Waals surface area contributed by atoms with Crippen molar-refractivity contribution in [2.75, 3.05) is 13.2 Å². The molecule has 1 aromatic heterocycles. The number of rotatable bonds is 6. The molecule has 1 atom stereocenters. The highest BCUT2D eigenvalue weighted by Gasteiger charge is 2.18. The van der Waals surface area contributed by atoms with Crippen molar-refractivity contribution in [3.8, 4) is 17.1 Å². The first-order valence-corrected chi connectivity index (χ1v) is 10.9. The van der Waals surface area contributed by atoms with Gasteiger partial charge in [0.2, 0.25) is 0 Å². The number of fused-ring (bicyclic) bond motifs is 1. The summed E-state index contributed by atoms with van der Waals surface area (Å²) in [6.45, 7) is 7.99. The van der Waals surface area contributed by atoms with Gasteiger partial charge in [-0.15, -0.1) is 0 Å². The summed E-state index contributed by atoms with van der Waals surface area (Å²) in [5, 5.41) is 1.10. The number of ether oxygens (including phenoxy) is 1. The number of hydrogen-bond donors (Lipinski definition) is 1. The highest BCUT2D eigenvalue weighted by Crippen LogP contribution is 2.31. The van der Waals surface area contributed by atoms with Gasteiger partial charge in [-0.25, -0.2) is 4.98 Å². The molecule has 4 rings (SSSR count). The van der Waals surface area contributed by atoms with Crippen LogP contribution in [0.25, 0.3) is 22.3 Å². The number of halogens is 1. The van der Waals surface area contributed by atoms with Crippen LogP contribution in [-0.4, -0.2) is 34.1 Å². The molecule has 0 aliphatic carbocycles. The van der Waals surface area contributed by atoms with Crippen molar-refractivity contribution in [1.82, 2.24) is 14.9 Å². The Morgan fingerprint density at radius 2 is 2.03 bits per heavy atom. The third-order valence-corrected chi connectivity index (χ3v) is 5.70. The van der Waals surface area contributed by atoms with Gasteiger partial charge in [0.25, 0.3) is 5.56 Å². The van der Waals surface area contributed by atoms with Crippen LogP contribution < -0.4 is 10.3 Å². The molecule has 1 aliphatic heterocycles. The normalized spacial score (nSPS) is 16.3. The van der Waals surface area contributed by atoms with Gasteiger partial charge in [0.1, 0.15) is 18.2 Å². The molecule has 0 fully saturated rings. The van der Waals surface area contributed by atoms with Crippen molar-refractivity contribution in [1.29, 1.82) is 0 Å². The van der Waals surface area contributed by atoms with Gasteiger partial charge < -0.3 is 14.6 Å². The fourth-order valence-electron chi connectivity index (χ4n) is 4.02. The van der Waals surface area contributed by atoms with Crippen LogP contribution >= 0.6 is 11.6 Å². The van der Waals surface area contributed by atoms with E-state index in [9.17, 15) is 4.79 Å². The molecule has 2 heterocycles. The molecule has 1 aliphatic rings. The Morgan fingerprint density at radius 1 is 1.23 bits per heavy atom. The fourth-order valence-corrected chi connectivity index (χ4v) is 4.19. The number of allylic oxidation sites excluding steroid dienone is 1. The minimum absolute atomic E-state index is 0.190. The van der Waals surface area contributed by atoms with E-state index >= 15 is 0 Å². The molecule has 5 nitrogen and oxygen atoms in total. The van der Waals surface area contributed by atoms with E-state index in [4.69, 9.17) is 16.3 Å². The number of H-pyrrole nitrogens is 1. The fraction of sp³-hybridized carbons (Fsp3) is 0.280. The molecule has 0 bridgehead atoms. The zero-order chi connectivity index (χ0) is 22.0. The van der Waals surface area contributed by atoms with E-state index in [1.54, 1.807) is 18.2 Å². The van der Waals surface area contributed by atoms with Gasteiger partial charge in [-0.05, 0) is 62.2 Å². The molecule has 160 valence electrons. The lowest BCUT2D eigenvalue weighted by molar-refractivity contribution is 0.294. The molecule has 3 aromatic rings. The average molecular weight is 436 g/mol. The molecule has 0 radical (unpaired) electrons. The monoisotopic (exact) mass is 435 g/mol. The second-order valence-corrected chi connectivity index (χ2v) is 8.26. The van der Waals surface area contributed by atoms with E-state index in [2.05, 4.69) is 47.8 Å². The first-order chi connectivity index (χ1) is 15.0. The molecule has 0 spiro atoms. The number of nitrogens with one attached hydrogen (secondary N) is 1. The van der Waals surface area contributed by atoms with Gasteiger partial charge in [0, 0.05) is 23.3 Å². The maximum Gasteiger partial charge on any atom is 0.259 e. The zero-order valence-electron chi connectivity index (χ0n) is 18.0. The molecule has 1 unspecified atom stereocenters. The molecule has 0 amide bonds. The van der Waals surface area contributed by atoms with Crippen LogP contribution in [-0.2, 0) is 0 Å². The summed E-state index contributed by atoms with van der Waals surface area (Å²) in [7, 11) is 0. The maximum absolute atomic E-state index is 12.5. The Labute approximate surface area is 187 Å². The first kappa shape index (κ1) is 21.2. The van der Waals surface area contributed by atoms with E-state index in [1.165, 1.54) is 5.70 Å². The van der Waals surface area contributed by atoms with Crippen molar-refractivity contribution >= 4 is 22.5 Å². The Hall–Kier alpha value is -3.05. The van der Waals surface area contributed by atoms with Crippen LogP contribution in [0.2, 0.25) is 5.02 Å². The molecular formula is C25H26ClN3O2. The van der Waals surface area contributed by atoms with Crippen molar-refractivity contribution in [2.45, 2.75) is 33.2 Å². The minimum Gasteiger partial charge on any atom is -0.488 e. The van der Waals surface area contributed by atoms with E-state index in [1.807, 2.05) is 24.3 Å². The standard InChI is InChI=1S/C25H26ClN3O2/c1-4-11-29-16(2)12-18(13-17(29)3)15-31-23-10-9-19(26)14-21(23)24-27-22-8-6-5-7-20(22)25(30)28-24/h5-10,12-14,16H,4,11,15H2,1-3H3,(H,27,28,30). The maximum atomic E-state index is 12.5. The third-order valence-electron chi connectivity index (χ3n) is 5.46. The summed E-state index contributed by atoms with van der Waals surface area (Å²) >= 11 is 6.26. The van der Waals surface area contributed by atoms with Crippen LogP contribution in [0.4, 0.5) is 0 Å². The van der Waals surface area contributed by atoms with Gasteiger partial charge in [0.05, 0.1) is 16.5 Å². The number of nitrogens with zero attached hydrogens (tertiary/aromatic N) is 2. The summed E-state index contributed by atoms with van der Waals surface area (Å²) in [5.74, 6) is 1.06. The largest absolute Gasteiger partial charge is 0.488 e. The number of para-hydroxylation sites is 1. The van der Waals surface area contributed by atoms with Crippen molar-refractivity contribution in [3.05, 3.63) is 81.3 Å².